The number of carbonyl (C=O) groups is 2. The molecule has 1 aromatic carbocycles. The van der Waals surface area contributed by atoms with Crippen molar-refractivity contribution in [2.75, 3.05) is 12.4 Å². The summed E-state index contributed by atoms with van der Waals surface area (Å²) in [5.74, 6) is -0.230. The Labute approximate surface area is 173 Å². The minimum atomic E-state index is -0.502. The lowest BCUT2D eigenvalue weighted by atomic mass is 10.1. The number of nitrogens with zero attached hydrogens (tertiary/aromatic N) is 2. The molecule has 7 nitrogen and oxygen atoms in total. The average molecular weight is 413 g/mol. The van der Waals surface area contributed by atoms with E-state index in [2.05, 4.69) is 15.2 Å². The fraction of sp³-hybridized carbons (Fsp3) is 0.333. The zero-order valence-corrected chi connectivity index (χ0v) is 17.9. The lowest BCUT2D eigenvalue weighted by molar-refractivity contribution is 0.0522. The van der Waals surface area contributed by atoms with Crippen LogP contribution in [0, 0.1) is 27.7 Å². The van der Waals surface area contributed by atoms with Crippen molar-refractivity contribution in [1.82, 2.24) is 15.2 Å². The molecule has 1 N–H and O–H groups in total. The van der Waals surface area contributed by atoms with Crippen molar-refractivity contribution in [1.29, 1.82) is 0 Å². The largest absolute Gasteiger partial charge is 0.462 e. The fourth-order valence-corrected chi connectivity index (χ4v) is 3.68. The van der Waals surface area contributed by atoms with Crippen LogP contribution in [0.2, 0.25) is 0 Å². The van der Waals surface area contributed by atoms with Crippen LogP contribution in [0.4, 0.5) is 0 Å². The van der Waals surface area contributed by atoms with Gasteiger partial charge in [0.15, 0.2) is 5.78 Å². The number of hydrogen-bond acceptors (Lipinski definition) is 7. The van der Waals surface area contributed by atoms with Crippen LogP contribution >= 0.6 is 11.8 Å². The number of hydrogen-bond donors (Lipinski definition) is 1. The van der Waals surface area contributed by atoms with Crippen molar-refractivity contribution in [3.8, 4) is 11.5 Å². The molecule has 0 saturated carbocycles. The summed E-state index contributed by atoms with van der Waals surface area (Å²) in [5, 5.41) is 8.39. The lowest BCUT2D eigenvalue weighted by Gasteiger charge is -2.05. The van der Waals surface area contributed by atoms with E-state index in [0.717, 1.165) is 22.9 Å². The number of esters is 1. The molecule has 152 valence electrons. The molecule has 0 unspecified atom stereocenters. The Morgan fingerprint density at radius 2 is 1.79 bits per heavy atom. The number of aromatic amines is 1. The minimum Gasteiger partial charge on any atom is -0.462 e. The van der Waals surface area contributed by atoms with Crippen molar-refractivity contribution in [3.05, 3.63) is 51.8 Å². The quantitative estimate of drug-likeness (QED) is 0.347. The summed E-state index contributed by atoms with van der Waals surface area (Å²) in [7, 11) is 0. The van der Waals surface area contributed by atoms with Gasteiger partial charge in [0.2, 0.25) is 5.89 Å². The second-order valence-corrected chi connectivity index (χ2v) is 7.66. The van der Waals surface area contributed by atoms with Crippen molar-refractivity contribution in [3.63, 3.8) is 0 Å². The Morgan fingerprint density at radius 3 is 2.48 bits per heavy atom. The first-order chi connectivity index (χ1) is 13.8. The van der Waals surface area contributed by atoms with E-state index in [1.807, 2.05) is 32.0 Å². The number of H-pyrrole nitrogens is 1. The highest BCUT2D eigenvalue weighted by atomic mass is 32.2. The average Bonchev–Trinajstić information content (AvgIpc) is 3.26. The van der Waals surface area contributed by atoms with Gasteiger partial charge >= 0.3 is 5.97 Å². The van der Waals surface area contributed by atoms with Crippen LogP contribution in [0.15, 0.2) is 27.8 Å². The predicted octanol–water partition coefficient (Wildman–Crippen LogP) is 4.45. The zero-order valence-electron chi connectivity index (χ0n) is 17.1. The number of aromatic nitrogens is 3. The maximum absolute atomic E-state index is 12.8. The first kappa shape index (κ1) is 20.9. The van der Waals surface area contributed by atoms with Gasteiger partial charge in [0.05, 0.1) is 23.5 Å². The maximum Gasteiger partial charge on any atom is 0.340 e. The number of benzene rings is 1. The molecule has 0 spiro atoms. The topological polar surface area (TPSA) is 98.1 Å². The Kier molecular flexibility index (Phi) is 6.22. The van der Waals surface area contributed by atoms with Crippen molar-refractivity contribution < 1.29 is 18.7 Å². The van der Waals surface area contributed by atoms with Gasteiger partial charge in [-0.15, -0.1) is 10.2 Å². The van der Waals surface area contributed by atoms with E-state index in [4.69, 9.17) is 9.15 Å². The Morgan fingerprint density at radius 1 is 1.07 bits per heavy atom. The number of thioether (sulfide) groups is 1. The smallest absolute Gasteiger partial charge is 0.340 e. The molecule has 0 aliphatic heterocycles. The number of Topliss-reactive ketones (excluding diaryl/α,β-unsaturated/α-hetero) is 1. The third-order valence-electron chi connectivity index (χ3n) is 4.62. The van der Waals surface area contributed by atoms with Gasteiger partial charge < -0.3 is 14.1 Å². The fourth-order valence-electron chi connectivity index (χ4n) is 3.05. The van der Waals surface area contributed by atoms with Crippen LogP contribution in [0.1, 0.15) is 50.2 Å². The number of nitrogens with one attached hydrogen (secondary N) is 1. The first-order valence-corrected chi connectivity index (χ1v) is 10.2. The molecule has 0 radical (unpaired) electrons. The van der Waals surface area contributed by atoms with Gasteiger partial charge in [-0.25, -0.2) is 4.79 Å². The summed E-state index contributed by atoms with van der Waals surface area (Å²) in [6.07, 6.45) is 0. The van der Waals surface area contributed by atoms with Crippen LogP contribution in [0.5, 0.6) is 0 Å². The predicted molar refractivity (Wildman–Crippen MR) is 110 cm³/mol. The molecule has 0 aliphatic carbocycles. The van der Waals surface area contributed by atoms with E-state index in [0.29, 0.717) is 28.1 Å². The molecule has 2 aromatic heterocycles. The zero-order chi connectivity index (χ0) is 21.1. The molecule has 2 heterocycles. The molecule has 0 aliphatic rings. The second kappa shape index (κ2) is 8.65. The molecular weight excluding hydrogens is 390 g/mol. The normalized spacial score (nSPS) is 10.9. The van der Waals surface area contributed by atoms with E-state index in [1.165, 1.54) is 5.56 Å². The van der Waals surface area contributed by atoms with Gasteiger partial charge in [-0.05, 0) is 57.9 Å². The molecule has 3 aromatic rings. The molecule has 0 fully saturated rings. The number of aryl methyl sites for hydroxylation is 4. The van der Waals surface area contributed by atoms with Crippen LogP contribution in [0.25, 0.3) is 11.5 Å². The standard InChI is InChI=1S/C21H23N3O4S/c1-6-27-20(26)18-14(5)22-13(4)17(18)16(25)10-29-21-24-23-19(28-21)15-8-7-11(2)12(3)9-15/h7-9,22H,6,10H2,1-5H3. The summed E-state index contributed by atoms with van der Waals surface area (Å²) >= 11 is 1.14. The van der Waals surface area contributed by atoms with E-state index in [1.54, 1.807) is 20.8 Å². The van der Waals surface area contributed by atoms with Crippen LogP contribution in [-0.2, 0) is 4.74 Å². The summed E-state index contributed by atoms with van der Waals surface area (Å²) in [5.41, 5.74) is 5.04. The van der Waals surface area contributed by atoms with E-state index >= 15 is 0 Å². The van der Waals surface area contributed by atoms with Crippen molar-refractivity contribution in [2.24, 2.45) is 0 Å². The maximum atomic E-state index is 12.8. The van der Waals surface area contributed by atoms with Gasteiger partial charge in [-0.3, -0.25) is 4.79 Å². The highest BCUT2D eigenvalue weighted by molar-refractivity contribution is 7.99. The highest BCUT2D eigenvalue weighted by Crippen LogP contribution is 2.27. The van der Waals surface area contributed by atoms with Crippen molar-refractivity contribution >= 4 is 23.5 Å². The molecule has 0 atom stereocenters. The summed E-state index contributed by atoms with van der Waals surface area (Å²) < 4.78 is 10.8. The Balaban J connectivity index is 1.74. The Hall–Kier alpha value is -2.87. The van der Waals surface area contributed by atoms with Gasteiger partial charge in [0.25, 0.3) is 5.22 Å². The van der Waals surface area contributed by atoms with E-state index < -0.39 is 5.97 Å². The van der Waals surface area contributed by atoms with Crippen LogP contribution in [0.3, 0.4) is 0 Å². The first-order valence-electron chi connectivity index (χ1n) is 9.25. The molecule has 0 saturated heterocycles. The number of ether oxygens (including phenoxy) is 1. The second-order valence-electron chi connectivity index (χ2n) is 6.73. The van der Waals surface area contributed by atoms with Crippen molar-refractivity contribution in [2.45, 2.75) is 39.8 Å². The summed E-state index contributed by atoms with van der Waals surface area (Å²) in [6, 6.07) is 5.91. The van der Waals surface area contributed by atoms with Crippen LogP contribution in [-0.4, -0.2) is 39.3 Å². The minimum absolute atomic E-state index is 0.0685. The number of ketones is 1. The molecule has 8 heteroatoms. The number of carbonyl (C=O) groups excluding carboxylic acids is 2. The third-order valence-corrected chi connectivity index (χ3v) is 5.44. The van der Waals surface area contributed by atoms with Crippen LogP contribution < -0.4 is 0 Å². The molecule has 29 heavy (non-hydrogen) atoms. The van der Waals surface area contributed by atoms with Gasteiger partial charge in [-0.2, -0.15) is 0 Å². The molecule has 0 amide bonds. The third kappa shape index (κ3) is 4.42. The van der Waals surface area contributed by atoms with Gasteiger partial charge in [0.1, 0.15) is 0 Å². The number of rotatable bonds is 7. The molecule has 3 rings (SSSR count). The summed E-state index contributed by atoms with van der Waals surface area (Å²) in [4.78, 5) is 28.1. The SMILES string of the molecule is CCOC(=O)c1c(C)[nH]c(C)c1C(=O)CSc1nnc(-c2ccc(C)c(C)c2)o1. The lowest BCUT2D eigenvalue weighted by Crippen LogP contribution is -2.13. The van der Waals surface area contributed by atoms with E-state index in [-0.39, 0.29) is 23.7 Å². The molecular formula is C21H23N3O4S. The molecule has 0 bridgehead atoms. The monoisotopic (exact) mass is 413 g/mol. The highest BCUT2D eigenvalue weighted by Gasteiger charge is 2.25. The van der Waals surface area contributed by atoms with Gasteiger partial charge in [0, 0.05) is 17.0 Å². The Bertz CT molecular complexity index is 1070. The summed E-state index contributed by atoms with van der Waals surface area (Å²) in [6.45, 7) is 9.54. The van der Waals surface area contributed by atoms with Gasteiger partial charge in [-0.1, -0.05) is 17.8 Å². The van der Waals surface area contributed by atoms with E-state index in [9.17, 15) is 9.59 Å².